The predicted molar refractivity (Wildman–Crippen MR) is 54.3 cm³/mol. The first-order valence-corrected chi connectivity index (χ1v) is 5.96. The SMILES string of the molecule is O=C1NC2(CCCCC2)c2ncsc21. The molecule has 1 spiro atoms. The molecule has 0 atom stereocenters. The van der Waals surface area contributed by atoms with Crippen molar-refractivity contribution in [1.82, 2.24) is 10.3 Å². The van der Waals surface area contributed by atoms with Gasteiger partial charge >= 0.3 is 0 Å². The lowest BCUT2D eigenvalue weighted by Crippen LogP contribution is -2.41. The number of nitrogens with one attached hydrogen (secondary N) is 1. The largest absolute Gasteiger partial charge is 0.340 e. The summed E-state index contributed by atoms with van der Waals surface area (Å²) in [5, 5.41) is 3.12. The number of amides is 1. The Balaban J connectivity index is 2.07. The summed E-state index contributed by atoms with van der Waals surface area (Å²) in [6.45, 7) is 0. The topological polar surface area (TPSA) is 42.0 Å². The van der Waals surface area contributed by atoms with Gasteiger partial charge in [0.2, 0.25) is 0 Å². The molecule has 3 rings (SSSR count). The molecule has 1 aliphatic heterocycles. The molecular formula is C10H12N2OS. The van der Waals surface area contributed by atoms with E-state index in [4.69, 9.17) is 0 Å². The van der Waals surface area contributed by atoms with Gasteiger partial charge in [0, 0.05) is 0 Å². The van der Waals surface area contributed by atoms with Crippen molar-refractivity contribution < 1.29 is 4.79 Å². The van der Waals surface area contributed by atoms with Crippen LogP contribution in [0.15, 0.2) is 5.51 Å². The molecule has 2 aliphatic rings. The Labute approximate surface area is 86.5 Å². The molecular weight excluding hydrogens is 196 g/mol. The molecule has 0 unspecified atom stereocenters. The number of nitrogens with zero attached hydrogens (tertiary/aromatic N) is 1. The summed E-state index contributed by atoms with van der Waals surface area (Å²) in [4.78, 5) is 16.9. The quantitative estimate of drug-likeness (QED) is 0.709. The summed E-state index contributed by atoms with van der Waals surface area (Å²) in [5.74, 6) is 0.0874. The molecule has 74 valence electrons. The minimum atomic E-state index is -0.0926. The third kappa shape index (κ3) is 0.974. The van der Waals surface area contributed by atoms with E-state index in [1.165, 1.54) is 30.6 Å². The first-order chi connectivity index (χ1) is 6.82. The Kier molecular flexibility index (Phi) is 1.68. The maximum absolute atomic E-state index is 11.7. The van der Waals surface area contributed by atoms with E-state index in [1.54, 1.807) is 5.51 Å². The molecule has 1 amide bonds. The van der Waals surface area contributed by atoms with Gasteiger partial charge in [-0.3, -0.25) is 4.79 Å². The van der Waals surface area contributed by atoms with Crippen LogP contribution in [0.25, 0.3) is 0 Å². The molecule has 1 N–H and O–H groups in total. The number of carbonyl (C=O) groups is 1. The van der Waals surface area contributed by atoms with E-state index in [0.717, 1.165) is 23.4 Å². The van der Waals surface area contributed by atoms with Crippen molar-refractivity contribution in [3.8, 4) is 0 Å². The fourth-order valence-electron chi connectivity index (χ4n) is 2.60. The molecule has 1 aromatic heterocycles. The summed E-state index contributed by atoms with van der Waals surface area (Å²) in [7, 11) is 0. The molecule has 1 fully saturated rings. The number of carbonyl (C=O) groups excluding carboxylic acids is 1. The molecule has 1 saturated carbocycles. The second kappa shape index (κ2) is 2.79. The zero-order valence-electron chi connectivity index (χ0n) is 7.88. The van der Waals surface area contributed by atoms with Crippen LogP contribution < -0.4 is 5.32 Å². The minimum absolute atomic E-state index is 0.0874. The van der Waals surface area contributed by atoms with E-state index in [1.807, 2.05) is 0 Å². The van der Waals surface area contributed by atoms with Crippen molar-refractivity contribution in [2.45, 2.75) is 37.6 Å². The van der Waals surface area contributed by atoms with E-state index in [0.29, 0.717) is 0 Å². The fourth-order valence-corrected chi connectivity index (χ4v) is 3.38. The first-order valence-electron chi connectivity index (χ1n) is 5.08. The average molecular weight is 208 g/mol. The van der Waals surface area contributed by atoms with Crippen LogP contribution in [0.4, 0.5) is 0 Å². The van der Waals surface area contributed by atoms with E-state index >= 15 is 0 Å². The molecule has 1 aliphatic carbocycles. The van der Waals surface area contributed by atoms with Crippen molar-refractivity contribution in [1.29, 1.82) is 0 Å². The highest BCUT2D eigenvalue weighted by molar-refractivity contribution is 7.12. The van der Waals surface area contributed by atoms with Crippen molar-refractivity contribution >= 4 is 17.2 Å². The Morgan fingerprint density at radius 2 is 2.14 bits per heavy atom. The van der Waals surface area contributed by atoms with Crippen molar-refractivity contribution in [3.05, 3.63) is 16.1 Å². The zero-order chi connectivity index (χ0) is 9.60. The molecule has 0 aromatic carbocycles. The molecule has 14 heavy (non-hydrogen) atoms. The lowest BCUT2D eigenvalue weighted by atomic mass is 9.81. The van der Waals surface area contributed by atoms with Gasteiger partial charge in [0.25, 0.3) is 5.91 Å². The van der Waals surface area contributed by atoms with Crippen LogP contribution >= 0.6 is 11.3 Å². The first kappa shape index (κ1) is 8.41. The van der Waals surface area contributed by atoms with Gasteiger partial charge in [0.15, 0.2) is 0 Å². The van der Waals surface area contributed by atoms with Crippen LogP contribution in [0, 0.1) is 0 Å². The Morgan fingerprint density at radius 3 is 2.93 bits per heavy atom. The van der Waals surface area contributed by atoms with Crippen LogP contribution in [0.5, 0.6) is 0 Å². The smallest absolute Gasteiger partial charge is 0.264 e. The Morgan fingerprint density at radius 1 is 1.36 bits per heavy atom. The lowest BCUT2D eigenvalue weighted by molar-refractivity contribution is 0.0910. The van der Waals surface area contributed by atoms with Crippen LogP contribution in [0.1, 0.15) is 47.5 Å². The van der Waals surface area contributed by atoms with Crippen LogP contribution in [-0.4, -0.2) is 10.9 Å². The molecule has 0 saturated heterocycles. The molecule has 2 heterocycles. The molecule has 1 aromatic rings. The lowest BCUT2D eigenvalue weighted by Gasteiger charge is -2.32. The highest BCUT2D eigenvalue weighted by atomic mass is 32.1. The Hall–Kier alpha value is -0.900. The molecule has 0 bridgehead atoms. The maximum atomic E-state index is 11.7. The van der Waals surface area contributed by atoms with Gasteiger partial charge in [-0.1, -0.05) is 19.3 Å². The van der Waals surface area contributed by atoms with E-state index in [2.05, 4.69) is 10.3 Å². The number of aromatic nitrogens is 1. The average Bonchev–Trinajstić information content (AvgIpc) is 2.74. The van der Waals surface area contributed by atoms with Gasteiger partial charge in [0.1, 0.15) is 4.88 Å². The number of hydrogen-bond acceptors (Lipinski definition) is 3. The summed E-state index contributed by atoms with van der Waals surface area (Å²) in [5.41, 5.74) is 2.72. The normalized spacial score (nSPS) is 23.6. The van der Waals surface area contributed by atoms with Gasteiger partial charge in [-0.05, 0) is 12.8 Å². The van der Waals surface area contributed by atoms with Gasteiger partial charge in [-0.15, -0.1) is 11.3 Å². The maximum Gasteiger partial charge on any atom is 0.264 e. The summed E-state index contributed by atoms with van der Waals surface area (Å²) >= 11 is 1.46. The highest BCUT2D eigenvalue weighted by Gasteiger charge is 2.45. The van der Waals surface area contributed by atoms with Gasteiger partial charge in [-0.2, -0.15) is 0 Å². The van der Waals surface area contributed by atoms with Crippen LogP contribution in [0.2, 0.25) is 0 Å². The monoisotopic (exact) mass is 208 g/mol. The summed E-state index contributed by atoms with van der Waals surface area (Å²) in [6, 6.07) is 0. The minimum Gasteiger partial charge on any atom is -0.340 e. The second-order valence-corrected chi connectivity index (χ2v) is 4.98. The molecule has 0 radical (unpaired) electrons. The number of fused-ring (bicyclic) bond motifs is 2. The third-order valence-corrected chi connectivity index (χ3v) is 4.11. The Bertz CT molecular complexity index is 379. The summed E-state index contributed by atoms with van der Waals surface area (Å²) < 4.78 is 0. The van der Waals surface area contributed by atoms with E-state index < -0.39 is 0 Å². The molecule has 4 heteroatoms. The van der Waals surface area contributed by atoms with Crippen molar-refractivity contribution in [2.24, 2.45) is 0 Å². The van der Waals surface area contributed by atoms with Gasteiger partial charge in [-0.25, -0.2) is 4.98 Å². The third-order valence-electron chi connectivity index (χ3n) is 3.29. The highest BCUT2D eigenvalue weighted by Crippen LogP contribution is 2.42. The molecule has 3 nitrogen and oxygen atoms in total. The van der Waals surface area contributed by atoms with Crippen LogP contribution in [0.3, 0.4) is 0 Å². The standard InChI is InChI=1S/C10H12N2OS/c13-9-7-8(11-6-14-7)10(12-9)4-2-1-3-5-10/h6H,1-5H2,(H,12,13). The number of rotatable bonds is 0. The van der Waals surface area contributed by atoms with Gasteiger partial charge in [0.05, 0.1) is 16.7 Å². The van der Waals surface area contributed by atoms with Crippen molar-refractivity contribution in [3.63, 3.8) is 0 Å². The van der Waals surface area contributed by atoms with Crippen LogP contribution in [-0.2, 0) is 5.54 Å². The second-order valence-electron chi connectivity index (χ2n) is 4.13. The zero-order valence-corrected chi connectivity index (χ0v) is 8.69. The fraction of sp³-hybridized carbons (Fsp3) is 0.600. The summed E-state index contributed by atoms with van der Waals surface area (Å²) in [6.07, 6.45) is 5.83. The number of hydrogen-bond donors (Lipinski definition) is 1. The van der Waals surface area contributed by atoms with Gasteiger partial charge < -0.3 is 5.32 Å². The predicted octanol–water partition coefficient (Wildman–Crippen LogP) is 2.05. The van der Waals surface area contributed by atoms with E-state index in [9.17, 15) is 4.79 Å². The van der Waals surface area contributed by atoms with Crippen molar-refractivity contribution in [2.75, 3.05) is 0 Å². The number of thiazole rings is 1. The van der Waals surface area contributed by atoms with E-state index in [-0.39, 0.29) is 11.4 Å².